The second kappa shape index (κ2) is 16.8. The van der Waals surface area contributed by atoms with Crippen LogP contribution >= 0.6 is 0 Å². The number of rotatable bonds is 17. The number of unbranched alkanes of at least 4 members (excludes halogenated alkanes) is 11. The van der Waals surface area contributed by atoms with Gasteiger partial charge in [-0.3, -0.25) is 0 Å². The second-order valence-electron chi connectivity index (χ2n) is 7.57. The third-order valence-electron chi connectivity index (χ3n) is 5.02. The van der Waals surface area contributed by atoms with Gasteiger partial charge >= 0.3 is 11.9 Å². The average molecular weight is 403 g/mol. The minimum Gasteiger partial charge on any atom is -0.478 e. The summed E-state index contributed by atoms with van der Waals surface area (Å²) in [6.45, 7) is 2.59. The van der Waals surface area contributed by atoms with Gasteiger partial charge in [0.25, 0.3) is 0 Å². The first-order chi connectivity index (χ1) is 14.2. The molecule has 0 saturated carbocycles. The Balaban J connectivity index is 1.96. The number of allylic oxidation sites excluding steroid dienone is 2. The predicted octanol–water partition coefficient (Wildman–Crippen LogP) is 7.19. The third kappa shape index (κ3) is 12.1. The maximum atomic E-state index is 12.0. The lowest BCUT2D eigenvalue weighted by molar-refractivity contribution is 0.0487. The van der Waals surface area contributed by atoms with E-state index in [4.69, 9.17) is 9.84 Å². The van der Waals surface area contributed by atoms with E-state index in [0.717, 1.165) is 19.3 Å². The molecule has 0 amide bonds. The molecule has 0 aromatic heterocycles. The highest BCUT2D eigenvalue weighted by molar-refractivity contribution is 6.02. The molecule has 4 nitrogen and oxygen atoms in total. The standard InChI is InChI=1S/C25H38O4/c1-2-3-4-5-6-7-8-9-10-11-12-13-14-15-18-21-29-25(28)23-20-17-16-19-22(23)24(26)27/h8-9,16-17,19-20H,2-7,10-15,18,21H2,1H3,(H,26,27)/b9-8+. The van der Waals surface area contributed by atoms with E-state index < -0.39 is 11.9 Å². The fourth-order valence-corrected chi connectivity index (χ4v) is 3.26. The van der Waals surface area contributed by atoms with Crippen LogP contribution < -0.4 is 0 Å². The maximum Gasteiger partial charge on any atom is 0.339 e. The van der Waals surface area contributed by atoms with Crippen LogP contribution in [0.25, 0.3) is 0 Å². The third-order valence-corrected chi connectivity index (χ3v) is 5.02. The van der Waals surface area contributed by atoms with Gasteiger partial charge in [0.15, 0.2) is 0 Å². The zero-order valence-electron chi connectivity index (χ0n) is 18.0. The van der Waals surface area contributed by atoms with Crippen molar-refractivity contribution < 1.29 is 19.4 Å². The Morgan fingerprint density at radius 2 is 1.31 bits per heavy atom. The van der Waals surface area contributed by atoms with E-state index in [-0.39, 0.29) is 11.1 Å². The Morgan fingerprint density at radius 3 is 1.90 bits per heavy atom. The molecule has 0 heterocycles. The molecule has 0 saturated heterocycles. The molecule has 0 aliphatic carbocycles. The minimum absolute atomic E-state index is 0.0111. The average Bonchev–Trinajstić information content (AvgIpc) is 2.73. The molecule has 1 aromatic rings. The molecular weight excluding hydrogens is 364 g/mol. The molecule has 1 aromatic carbocycles. The predicted molar refractivity (Wildman–Crippen MR) is 119 cm³/mol. The van der Waals surface area contributed by atoms with Crippen molar-refractivity contribution in [3.63, 3.8) is 0 Å². The Morgan fingerprint density at radius 1 is 0.793 bits per heavy atom. The van der Waals surface area contributed by atoms with Crippen LogP contribution in [0, 0.1) is 0 Å². The van der Waals surface area contributed by atoms with Crippen LogP contribution in [-0.4, -0.2) is 23.7 Å². The number of carbonyl (C=O) groups is 2. The van der Waals surface area contributed by atoms with Crippen molar-refractivity contribution in [1.29, 1.82) is 0 Å². The van der Waals surface area contributed by atoms with Crippen LogP contribution in [0.2, 0.25) is 0 Å². The monoisotopic (exact) mass is 402 g/mol. The second-order valence-corrected chi connectivity index (χ2v) is 7.57. The lowest BCUT2D eigenvalue weighted by atomic mass is 10.1. The van der Waals surface area contributed by atoms with Gasteiger partial charge in [-0.1, -0.05) is 82.6 Å². The number of hydrogen-bond acceptors (Lipinski definition) is 3. The molecular formula is C25H38O4. The summed E-state index contributed by atoms with van der Waals surface area (Å²) in [6, 6.07) is 6.16. The highest BCUT2D eigenvalue weighted by atomic mass is 16.5. The molecule has 0 aliphatic heterocycles. The number of aromatic carboxylic acids is 1. The number of carbonyl (C=O) groups excluding carboxylic acids is 1. The van der Waals surface area contributed by atoms with Gasteiger partial charge in [-0.15, -0.1) is 0 Å². The molecule has 0 spiro atoms. The SMILES string of the molecule is CCCCCCC/C=C/CCCCCCCCOC(=O)c1ccccc1C(=O)O. The van der Waals surface area contributed by atoms with Crippen molar-refractivity contribution in [2.45, 2.75) is 90.4 Å². The number of carboxylic acid groups (broad SMARTS) is 1. The molecule has 0 fully saturated rings. The van der Waals surface area contributed by atoms with E-state index in [1.54, 1.807) is 12.1 Å². The van der Waals surface area contributed by atoms with Gasteiger partial charge in [-0.05, 0) is 44.2 Å². The summed E-state index contributed by atoms with van der Waals surface area (Å²) in [7, 11) is 0. The number of ether oxygens (including phenoxy) is 1. The van der Waals surface area contributed by atoms with E-state index in [1.807, 2.05) is 0 Å². The smallest absolute Gasteiger partial charge is 0.339 e. The molecule has 4 heteroatoms. The topological polar surface area (TPSA) is 63.6 Å². The molecule has 1 N–H and O–H groups in total. The van der Waals surface area contributed by atoms with E-state index in [0.29, 0.717) is 6.61 Å². The van der Waals surface area contributed by atoms with Crippen LogP contribution in [0.3, 0.4) is 0 Å². The number of hydrogen-bond donors (Lipinski definition) is 1. The van der Waals surface area contributed by atoms with Gasteiger partial charge in [0.1, 0.15) is 0 Å². The lowest BCUT2D eigenvalue weighted by Gasteiger charge is -2.07. The maximum absolute atomic E-state index is 12.0. The van der Waals surface area contributed by atoms with Crippen LogP contribution in [-0.2, 0) is 4.74 Å². The quantitative estimate of drug-likeness (QED) is 0.170. The van der Waals surface area contributed by atoms with Crippen LogP contribution in [0.5, 0.6) is 0 Å². The molecule has 0 bridgehead atoms. The Labute approximate surface area is 176 Å². The minimum atomic E-state index is -1.11. The number of esters is 1. The van der Waals surface area contributed by atoms with Gasteiger partial charge in [-0.2, -0.15) is 0 Å². The van der Waals surface area contributed by atoms with Crippen molar-refractivity contribution in [3.05, 3.63) is 47.5 Å². The van der Waals surface area contributed by atoms with E-state index in [9.17, 15) is 9.59 Å². The first-order valence-electron chi connectivity index (χ1n) is 11.3. The van der Waals surface area contributed by atoms with E-state index in [1.165, 1.54) is 76.3 Å². The zero-order chi connectivity index (χ0) is 21.2. The summed E-state index contributed by atoms with van der Waals surface area (Å²) in [5.74, 6) is -1.67. The molecule has 0 atom stereocenters. The summed E-state index contributed by atoms with van der Waals surface area (Å²) in [4.78, 5) is 23.2. The van der Waals surface area contributed by atoms with Gasteiger partial charge < -0.3 is 9.84 Å². The van der Waals surface area contributed by atoms with Gasteiger partial charge in [0, 0.05) is 0 Å². The van der Waals surface area contributed by atoms with Crippen LogP contribution in [0.1, 0.15) is 111 Å². The molecule has 0 unspecified atom stereocenters. The Kier molecular flexibility index (Phi) is 14.5. The summed E-state index contributed by atoms with van der Waals surface area (Å²) in [5.41, 5.74) is 0.108. The molecule has 0 radical (unpaired) electrons. The van der Waals surface area contributed by atoms with Gasteiger partial charge in [-0.25, -0.2) is 9.59 Å². The van der Waals surface area contributed by atoms with Crippen LogP contribution in [0.4, 0.5) is 0 Å². The Bertz CT molecular complexity index is 607. The number of carboxylic acids is 1. The van der Waals surface area contributed by atoms with Crippen molar-refractivity contribution in [2.24, 2.45) is 0 Å². The number of benzene rings is 1. The first kappa shape index (κ1) is 24.9. The van der Waals surface area contributed by atoms with E-state index >= 15 is 0 Å². The molecule has 1 rings (SSSR count). The van der Waals surface area contributed by atoms with Crippen molar-refractivity contribution in [3.8, 4) is 0 Å². The Hall–Kier alpha value is -2.10. The normalized spacial score (nSPS) is 11.1. The van der Waals surface area contributed by atoms with Crippen molar-refractivity contribution in [2.75, 3.05) is 6.61 Å². The first-order valence-corrected chi connectivity index (χ1v) is 11.3. The van der Waals surface area contributed by atoms with Crippen LogP contribution in [0.15, 0.2) is 36.4 Å². The summed E-state index contributed by atoms with van der Waals surface area (Å²) < 4.78 is 5.22. The largest absolute Gasteiger partial charge is 0.478 e. The van der Waals surface area contributed by atoms with Gasteiger partial charge in [0.2, 0.25) is 0 Å². The molecule has 0 aliphatic rings. The molecule has 162 valence electrons. The summed E-state index contributed by atoms with van der Waals surface area (Å²) >= 11 is 0. The highest BCUT2D eigenvalue weighted by Crippen LogP contribution is 2.12. The van der Waals surface area contributed by atoms with Gasteiger partial charge in [0.05, 0.1) is 17.7 Å². The van der Waals surface area contributed by atoms with E-state index in [2.05, 4.69) is 19.1 Å². The zero-order valence-corrected chi connectivity index (χ0v) is 18.0. The molecule has 29 heavy (non-hydrogen) atoms. The fraction of sp³-hybridized carbons (Fsp3) is 0.600. The summed E-state index contributed by atoms with van der Waals surface area (Å²) in [6.07, 6.45) is 20.5. The lowest BCUT2D eigenvalue weighted by Crippen LogP contribution is -2.12. The fourth-order valence-electron chi connectivity index (χ4n) is 3.26. The van der Waals surface area contributed by atoms with Crippen molar-refractivity contribution in [1.82, 2.24) is 0 Å². The highest BCUT2D eigenvalue weighted by Gasteiger charge is 2.16. The van der Waals surface area contributed by atoms with Crippen molar-refractivity contribution >= 4 is 11.9 Å². The summed E-state index contributed by atoms with van der Waals surface area (Å²) in [5, 5.41) is 9.12.